The van der Waals surface area contributed by atoms with Crippen molar-refractivity contribution in [2.75, 3.05) is 33.0 Å². The number of carbonyl (C=O) groups excluding carboxylic acids is 1. The topological polar surface area (TPSA) is 117 Å². The molecule has 0 bridgehead atoms. The van der Waals surface area contributed by atoms with E-state index in [-0.39, 0.29) is 32.3 Å². The second kappa shape index (κ2) is 44.1. The molecule has 0 aliphatic rings. The normalized spacial score (nSPS) is 13.6. The summed E-state index contributed by atoms with van der Waals surface area (Å²) in [6, 6.07) is 0. The smallest absolute Gasteiger partial charge is 0.457 e. The zero-order valence-corrected chi connectivity index (χ0v) is 37.1. The van der Waals surface area contributed by atoms with Crippen LogP contribution in [0.15, 0.2) is 24.3 Å². The molecule has 0 fully saturated rings. The molecular weight excluding hydrogens is 709 g/mol. The summed E-state index contributed by atoms with van der Waals surface area (Å²) in [5.41, 5.74) is 5.37. The SMILES string of the molecule is CCC/C=C\CCCCCCCCOCC(COP(=O)(O)OCCN)OC(=O)CCCCCCCCCCCCCCC/C=C\CCCCCCCCCC. The summed E-state index contributed by atoms with van der Waals surface area (Å²) in [6.07, 6.45) is 49.3. The summed E-state index contributed by atoms with van der Waals surface area (Å²) in [7, 11) is -4.27. The lowest BCUT2D eigenvalue weighted by atomic mass is 10.0. The van der Waals surface area contributed by atoms with Crippen molar-refractivity contribution in [2.45, 2.75) is 232 Å². The van der Waals surface area contributed by atoms with Crippen molar-refractivity contribution in [3.05, 3.63) is 24.3 Å². The van der Waals surface area contributed by atoms with Gasteiger partial charge in [-0.05, 0) is 57.8 Å². The summed E-state index contributed by atoms with van der Waals surface area (Å²) >= 11 is 0. The van der Waals surface area contributed by atoms with Crippen molar-refractivity contribution in [3.63, 3.8) is 0 Å². The maximum atomic E-state index is 12.6. The largest absolute Gasteiger partial charge is 0.472 e. The molecule has 55 heavy (non-hydrogen) atoms. The first-order chi connectivity index (χ1) is 26.9. The standard InChI is InChI=1S/C46H90NO7P/c1-3-5-7-9-11-13-15-16-17-18-19-20-21-22-23-24-25-26-27-28-29-31-33-35-37-39-46(48)54-45(44-53-55(49,50)52-42-40-47)43-51-41-38-36-34-32-30-14-12-10-8-6-4-2/h8,10,18-19,45H,3-7,9,11-17,20-44,47H2,1-2H3,(H,49,50)/b10-8-,19-18-. The van der Waals surface area contributed by atoms with E-state index in [4.69, 9.17) is 24.3 Å². The molecule has 0 aliphatic carbocycles. The van der Waals surface area contributed by atoms with Gasteiger partial charge in [0.2, 0.25) is 0 Å². The molecule has 0 rings (SSSR count). The Morgan fingerprint density at radius 2 is 0.945 bits per heavy atom. The molecule has 0 aromatic rings. The van der Waals surface area contributed by atoms with E-state index in [0.29, 0.717) is 13.0 Å². The minimum atomic E-state index is -4.27. The molecule has 0 aliphatic heterocycles. The van der Waals surface area contributed by atoms with Gasteiger partial charge in [-0.15, -0.1) is 0 Å². The third-order valence-electron chi connectivity index (χ3n) is 10.1. The Balaban J connectivity index is 3.86. The van der Waals surface area contributed by atoms with E-state index in [1.165, 1.54) is 173 Å². The van der Waals surface area contributed by atoms with Gasteiger partial charge in [0.05, 0.1) is 19.8 Å². The number of allylic oxidation sites excluding steroid dienone is 4. The minimum absolute atomic E-state index is 0.0950. The predicted octanol–water partition coefficient (Wildman–Crippen LogP) is 14.0. The van der Waals surface area contributed by atoms with Crippen molar-refractivity contribution in [1.29, 1.82) is 0 Å². The number of nitrogens with two attached hydrogens (primary N) is 1. The molecular formula is C46H90NO7P. The lowest BCUT2D eigenvalue weighted by molar-refractivity contribution is -0.154. The number of ether oxygens (including phenoxy) is 2. The second-order valence-electron chi connectivity index (χ2n) is 15.6. The van der Waals surface area contributed by atoms with Gasteiger partial charge in [-0.25, -0.2) is 4.57 Å². The zero-order chi connectivity index (χ0) is 40.2. The monoisotopic (exact) mass is 800 g/mol. The number of hydrogen-bond acceptors (Lipinski definition) is 7. The van der Waals surface area contributed by atoms with Crippen LogP contribution in [0.4, 0.5) is 0 Å². The van der Waals surface area contributed by atoms with Crippen LogP contribution in [-0.2, 0) is 27.9 Å². The average molecular weight is 800 g/mol. The second-order valence-corrected chi connectivity index (χ2v) is 17.1. The number of rotatable bonds is 45. The number of unbranched alkanes of at least 4 members (excludes halogenated alkanes) is 28. The average Bonchev–Trinajstić information content (AvgIpc) is 3.17. The molecule has 0 aromatic heterocycles. The van der Waals surface area contributed by atoms with Gasteiger partial charge in [-0.1, -0.05) is 186 Å². The highest BCUT2D eigenvalue weighted by atomic mass is 31.2. The fourth-order valence-corrected chi connectivity index (χ4v) is 7.41. The van der Waals surface area contributed by atoms with Gasteiger partial charge in [0.15, 0.2) is 0 Å². The Kier molecular flexibility index (Phi) is 43.3. The van der Waals surface area contributed by atoms with Crippen LogP contribution in [0.5, 0.6) is 0 Å². The van der Waals surface area contributed by atoms with Crippen molar-refractivity contribution in [3.8, 4) is 0 Å². The van der Waals surface area contributed by atoms with Crippen molar-refractivity contribution < 1.29 is 32.8 Å². The first-order valence-electron chi connectivity index (χ1n) is 23.3. The highest BCUT2D eigenvalue weighted by molar-refractivity contribution is 7.47. The van der Waals surface area contributed by atoms with Gasteiger partial charge in [-0.3, -0.25) is 13.8 Å². The predicted molar refractivity (Wildman–Crippen MR) is 233 cm³/mol. The van der Waals surface area contributed by atoms with E-state index in [0.717, 1.165) is 32.1 Å². The van der Waals surface area contributed by atoms with Gasteiger partial charge in [0.1, 0.15) is 6.10 Å². The molecule has 0 spiro atoms. The Bertz CT molecular complexity index is 900. The van der Waals surface area contributed by atoms with Gasteiger partial charge in [-0.2, -0.15) is 0 Å². The van der Waals surface area contributed by atoms with Crippen LogP contribution >= 0.6 is 7.82 Å². The van der Waals surface area contributed by atoms with Crippen LogP contribution < -0.4 is 5.73 Å². The van der Waals surface area contributed by atoms with E-state index in [9.17, 15) is 14.3 Å². The van der Waals surface area contributed by atoms with Crippen LogP contribution in [0.25, 0.3) is 0 Å². The van der Waals surface area contributed by atoms with E-state index in [1.807, 2.05) is 0 Å². The van der Waals surface area contributed by atoms with Gasteiger partial charge < -0.3 is 20.1 Å². The fraction of sp³-hybridized carbons (Fsp3) is 0.891. The van der Waals surface area contributed by atoms with E-state index >= 15 is 0 Å². The lowest BCUT2D eigenvalue weighted by Gasteiger charge is -2.20. The Morgan fingerprint density at radius 3 is 1.40 bits per heavy atom. The summed E-state index contributed by atoms with van der Waals surface area (Å²) in [4.78, 5) is 22.5. The lowest BCUT2D eigenvalue weighted by Crippen LogP contribution is -2.28. The van der Waals surface area contributed by atoms with Gasteiger partial charge >= 0.3 is 13.8 Å². The fourth-order valence-electron chi connectivity index (χ4n) is 6.64. The van der Waals surface area contributed by atoms with Crippen molar-refractivity contribution >= 4 is 13.8 Å². The van der Waals surface area contributed by atoms with Crippen LogP contribution in [0.1, 0.15) is 226 Å². The third-order valence-corrected chi connectivity index (χ3v) is 11.1. The molecule has 0 heterocycles. The molecule has 326 valence electrons. The van der Waals surface area contributed by atoms with Crippen molar-refractivity contribution in [2.24, 2.45) is 5.73 Å². The molecule has 0 saturated carbocycles. The number of esters is 1. The van der Waals surface area contributed by atoms with Crippen LogP contribution in [-0.4, -0.2) is 49.9 Å². The van der Waals surface area contributed by atoms with Crippen molar-refractivity contribution in [1.82, 2.24) is 0 Å². The number of phosphoric acid groups is 1. The Morgan fingerprint density at radius 1 is 0.527 bits per heavy atom. The van der Waals surface area contributed by atoms with E-state index in [2.05, 4.69) is 38.2 Å². The highest BCUT2D eigenvalue weighted by Crippen LogP contribution is 2.43. The number of phosphoric ester groups is 1. The number of carbonyl (C=O) groups is 1. The molecule has 8 nitrogen and oxygen atoms in total. The quantitative estimate of drug-likeness (QED) is 0.0271. The minimum Gasteiger partial charge on any atom is -0.457 e. The molecule has 9 heteroatoms. The summed E-state index contributed by atoms with van der Waals surface area (Å²) in [6.45, 7) is 4.88. The summed E-state index contributed by atoms with van der Waals surface area (Å²) in [5.74, 6) is -0.331. The highest BCUT2D eigenvalue weighted by Gasteiger charge is 2.25. The molecule has 0 saturated heterocycles. The first-order valence-corrected chi connectivity index (χ1v) is 24.8. The maximum absolute atomic E-state index is 12.6. The van der Waals surface area contributed by atoms with Gasteiger partial charge in [0, 0.05) is 19.6 Å². The van der Waals surface area contributed by atoms with Gasteiger partial charge in [0.25, 0.3) is 0 Å². The molecule has 0 amide bonds. The van der Waals surface area contributed by atoms with Crippen LogP contribution in [0.3, 0.4) is 0 Å². The maximum Gasteiger partial charge on any atom is 0.472 e. The molecule has 0 aromatic carbocycles. The Hall–Kier alpha value is -1.02. The van der Waals surface area contributed by atoms with Crippen LogP contribution in [0, 0.1) is 0 Å². The summed E-state index contributed by atoms with van der Waals surface area (Å²) in [5, 5.41) is 0. The van der Waals surface area contributed by atoms with E-state index < -0.39 is 13.9 Å². The third kappa shape index (κ3) is 43.9. The zero-order valence-electron chi connectivity index (χ0n) is 36.2. The number of hydrogen-bond donors (Lipinski definition) is 2. The van der Waals surface area contributed by atoms with E-state index in [1.54, 1.807) is 0 Å². The molecule has 2 unspecified atom stereocenters. The summed E-state index contributed by atoms with van der Waals surface area (Å²) < 4.78 is 33.4. The molecule has 3 N–H and O–H groups in total. The molecule has 2 atom stereocenters. The van der Waals surface area contributed by atoms with Crippen LogP contribution in [0.2, 0.25) is 0 Å². The Labute approximate surface area is 340 Å². The molecule has 0 radical (unpaired) electrons. The first kappa shape index (κ1) is 54.0.